The third kappa shape index (κ3) is 19.2. The van der Waals surface area contributed by atoms with E-state index in [1.165, 1.54) is 41.8 Å². The first-order valence-electron chi connectivity index (χ1n) is 17.8. The number of hydrogen-bond donors (Lipinski definition) is 1. The second kappa shape index (κ2) is 24.6. The number of nitrogens with one attached hydrogen (secondary N) is 1. The van der Waals surface area contributed by atoms with Gasteiger partial charge in [-0.1, -0.05) is 140 Å². The van der Waals surface area contributed by atoms with Crippen LogP contribution in [0.1, 0.15) is 131 Å². The summed E-state index contributed by atoms with van der Waals surface area (Å²) < 4.78 is 1.17. The second-order valence-corrected chi connectivity index (χ2v) is 15.2. The van der Waals surface area contributed by atoms with Crippen LogP contribution in [0.2, 0.25) is 0 Å². The fourth-order valence-electron chi connectivity index (χ4n) is 6.00. The maximum absolute atomic E-state index is 11.4. The van der Waals surface area contributed by atoms with Crippen LogP contribution in [0.3, 0.4) is 0 Å². The topological polar surface area (TPSA) is 63.2 Å². The molecule has 0 saturated heterocycles. The molecule has 0 fully saturated rings. The lowest BCUT2D eigenvalue weighted by Crippen LogP contribution is -2.23. The molecule has 2 rings (SSSR count). The molecule has 5 heteroatoms. The summed E-state index contributed by atoms with van der Waals surface area (Å²) in [5.41, 5.74) is 5.13. The van der Waals surface area contributed by atoms with Crippen LogP contribution in [-0.2, 0) is 26.2 Å². The molecule has 47 heavy (non-hydrogen) atoms. The van der Waals surface area contributed by atoms with Gasteiger partial charge >= 0.3 is 0 Å². The molecule has 0 saturated carbocycles. The predicted molar refractivity (Wildman–Crippen MR) is 207 cm³/mol. The summed E-state index contributed by atoms with van der Waals surface area (Å²) in [6.07, 6.45) is 18.5. The molecule has 0 spiro atoms. The van der Waals surface area contributed by atoms with Crippen molar-refractivity contribution < 1.29 is 14.4 Å². The van der Waals surface area contributed by atoms with Gasteiger partial charge in [0.25, 0.3) is 0 Å². The Morgan fingerprint density at radius 2 is 1.70 bits per heavy atom. The number of aldehydes is 1. The Balaban J connectivity index is 0.000000682. The van der Waals surface area contributed by atoms with E-state index in [-0.39, 0.29) is 23.0 Å². The quantitative estimate of drug-likeness (QED) is 0.137. The maximum atomic E-state index is 11.4. The van der Waals surface area contributed by atoms with Gasteiger partial charge in [0.2, 0.25) is 5.91 Å². The molecule has 0 bridgehead atoms. The van der Waals surface area contributed by atoms with Gasteiger partial charge in [0, 0.05) is 25.5 Å². The lowest BCUT2D eigenvalue weighted by atomic mass is 9.82. The maximum Gasteiger partial charge on any atom is 0.220 e. The fraction of sp³-hybridized carbons (Fsp3) is 0.595. The summed E-state index contributed by atoms with van der Waals surface area (Å²) in [6.45, 7) is 23.4. The van der Waals surface area contributed by atoms with Crippen LogP contribution in [0.5, 0.6) is 0 Å². The Labute approximate surface area is 297 Å². The van der Waals surface area contributed by atoms with Gasteiger partial charge in [0.15, 0.2) is 5.78 Å². The van der Waals surface area contributed by atoms with Crippen LogP contribution in [0, 0.1) is 23.7 Å². The van der Waals surface area contributed by atoms with Crippen LogP contribution < -0.4 is 5.32 Å². The van der Waals surface area contributed by atoms with Crippen molar-refractivity contribution in [3.05, 3.63) is 81.9 Å². The van der Waals surface area contributed by atoms with Crippen LogP contribution in [0.15, 0.2) is 70.8 Å². The number of amides is 1. The van der Waals surface area contributed by atoms with Crippen molar-refractivity contribution in [2.45, 2.75) is 132 Å². The lowest BCUT2D eigenvalue weighted by Gasteiger charge is -2.23. The van der Waals surface area contributed by atoms with Gasteiger partial charge < -0.3 is 5.32 Å². The van der Waals surface area contributed by atoms with E-state index >= 15 is 0 Å². The van der Waals surface area contributed by atoms with Crippen molar-refractivity contribution in [2.24, 2.45) is 23.7 Å². The number of halogens is 1. The standard InChI is InChI=1S/C17H28.C14H25NO2.C11H13BrO/c1-6-9-14(2)12-13-15-10-7-8-11-16(15)17(3,4)5;1-5-11(6-2)8-12(9-13(16)7-3)10-14(17)15-4;1-3-9(7-13)10-4-8(2)5-11(12)6-10/h7-8,10-11,14H,6,9,12-13H2,1-5H3;7,11-12H,3,5-6,8-10H2,1-2,4H3,(H,15,17);3-4,6-8H,5H2,1-2H3/b;;9-3+. The monoisotopic (exact) mass is 711 g/mol. The largest absolute Gasteiger partial charge is 0.359 e. The van der Waals surface area contributed by atoms with Gasteiger partial charge in [-0.25, -0.2) is 0 Å². The molecule has 3 unspecified atom stereocenters. The summed E-state index contributed by atoms with van der Waals surface area (Å²) >= 11 is 3.47. The fourth-order valence-corrected chi connectivity index (χ4v) is 6.76. The third-order valence-corrected chi connectivity index (χ3v) is 9.42. The zero-order chi connectivity index (χ0) is 36.0. The molecule has 1 aromatic carbocycles. The number of ketones is 1. The van der Waals surface area contributed by atoms with E-state index in [2.05, 4.69) is 114 Å². The first-order chi connectivity index (χ1) is 22.2. The molecule has 4 nitrogen and oxygen atoms in total. The molecule has 3 atom stereocenters. The lowest BCUT2D eigenvalue weighted by molar-refractivity contribution is -0.122. The van der Waals surface area contributed by atoms with Gasteiger partial charge in [-0.3, -0.25) is 14.4 Å². The van der Waals surface area contributed by atoms with Gasteiger partial charge in [0.05, 0.1) is 0 Å². The molecular weight excluding hydrogens is 646 g/mol. The molecular formula is C42H66BrNO3. The molecule has 1 amide bonds. The predicted octanol–water partition coefficient (Wildman–Crippen LogP) is 11.4. The highest BCUT2D eigenvalue weighted by atomic mass is 79.9. The Bertz CT molecular complexity index is 1180. The van der Waals surface area contributed by atoms with Crippen molar-refractivity contribution in [3.63, 3.8) is 0 Å². The number of rotatable bonds is 16. The third-order valence-electron chi connectivity index (χ3n) is 8.87. The minimum atomic E-state index is 0.0119. The molecule has 264 valence electrons. The highest BCUT2D eigenvalue weighted by molar-refractivity contribution is 9.11. The Kier molecular flexibility index (Phi) is 23.3. The van der Waals surface area contributed by atoms with Crippen LogP contribution >= 0.6 is 15.9 Å². The average molecular weight is 713 g/mol. The molecule has 1 aromatic rings. The van der Waals surface area contributed by atoms with Crippen LogP contribution in [0.25, 0.3) is 0 Å². The molecule has 0 heterocycles. The SMILES string of the molecule is C/C=C(\C=O)C1=CC(C)CC(Br)=C1.C=CC(=O)CC(CC(=O)NC)CC(CC)CC.CCCC(C)CCc1ccccc1C(C)(C)C. The number of hydrogen-bond acceptors (Lipinski definition) is 3. The molecule has 1 aliphatic carbocycles. The highest BCUT2D eigenvalue weighted by Crippen LogP contribution is 2.29. The van der Waals surface area contributed by atoms with E-state index in [1.807, 2.05) is 19.1 Å². The van der Waals surface area contributed by atoms with Gasteiger partial charge in [-0.05, 0) is 95.0 Å². The first kappa shape index (κ1) is 44.5. The first-order valence-corrected chi connectivity index (χ1v) is 18.6. The Morgan fingerprint density at radius 1 is 1.06 bits per heavy atom. The smallest absolute Gasteiger partial charge is 0.220 e. The number of aryl methyl sites for hydroxylation is 1. The zero-order valence-corrected chi connectivity index (χ0v) is 33.0. The molecule has 0 aliphatic heterocycles. The molecule has 0 aromatic heterocycles. The van der Waals surface area contributed by atoms with Crippen molar-refractivity contribution in [2.75, 3.05) is 7.05 Å². The second-order valence-electron chi connectivity index (χ2n) is 14.1. The normalized spacial score (nSPS) is 15.9. The Hall–Kier alpha value is -2.53. The van der Waals surface area contributed by atoms with E-state index in [1.54, 1.807) is 12.6 Å². The van der Waals surface area contributed by atoms with Crippen molar-refractivity contribution >= 4 is 33.9 Å². The van der Waals surface area contributed by atoms with Gasteiger partial charge in [-0.2, -0.15) is 0 Å². The highest BCUT2D eigenvalue weighted by Gasteiger charge is 2.20. The van der Waals surface area contributed by atoms with E-state index < -0.39 is 0 Å². The van der Waals surface area contributed by atoms with Crippen LogP contribution in [-0.4, -0.2) is 25.0 Å². The summed E-state index contributed by atoms with van der Waals surface area (Å²) in [5, 5.41) is 2.62. The average Bonchev–Trinajstić information content (AvgIpc) is 3.03. The van der Waals surface area contributed by atoms with E-state index in [0.717, 1.165) is 49.0 Å². The summed E-state index contributed by atoms with van der Waals surface area (Å²) in [5.74, 6) is 2.15. The van der Waals surface area contributed by atoms with E-state index in [0.29, 0.717) is 24.7 Å². The van der Waals surface area contributed by atoms with Crippen molar-refractivity contribution in [3.8, 4) is 0 Å². The molecule has 1 N–H and O–H groups in total. The number of allylic oxidation sites excluding steroid dienone is 7. The van der Waals surface area contributed by atoms with Gasteiger partial charge in [0.1, 0.15) is 6.29 Å². The molecule has 1 aliphatic rings. The molecule has 0 radical (unpaired) electrons. The number of carbonyl (C=O) groups is 3. The van der Waals surface area contributed by atoms with E-state index in [9.17, 15) is 14.4 Å². The zero-order valence-electron chi connectivity index (χ0n) is 31.4. The number of benzene rings is 1. The Morgan fingerprint density at radius 3 is 2.19 bits per heavy atom. The van der Waals surface area contributed by atoms with Crippen molar-refractivity contribution in [1.29, 1.82) is 0 Å². The van der Waals surface area contributed by atoms with Gasteiger partial charge in [-0.15, -0.1) is 0 Å². The summed E-state index contributed by atoms with van der Waals surface area (Å²) in [6, 6.07) is 8.94. The van der Waals surface area contributed by atoms with Crippen LogP contribution in [0.4, 0.5) is 0 Å². The minimum Gasteiger partial charge on any atom is -0.359 e. The number of carbonyl (C=O) groups excluding carboxylic acids is 3. The minimum absolute atomic E-state index is 0.0119. The summed E-state index contributed by atoms with van der Waals surface area (Å²) in [7, 11) is 1.63. The summed E-state index contributed by atoms with van der Waals surface area (Å²) in [4.78, 5) is 33.5. The van der Waals surface area contributed by atoms with E-state index in [4.69, 9.17) is 0 Å². The van der Waals surface area contributed by atoms with Crippen molar-refractivity contribution in [1.82, 2.24) is 5.32 Å².